The fourth-order valence-corrected chi connectivity index (χ4v) is 3.59. The number of carbonyl (C=O) groups is 1. The molecule has 0 saturated heterocycles. The van der Waals surface area contributed by atoms with Gasteiger partial charge in [0.1, 0.15) is 5.25 Å². The second-order valence-corrected chi connectivity index (χ2v) is 5.82. The molecule has 3 unspecified atom stereocenters. The van der Waals surface area contributed by atoms with Crippen molar-refractivity contribution >= 4 is 17.7 Å². The van der Waals surface area contributed by atoms with Crippen LogP contribution in [0.1, 0.15) is 32.6 Å². The molecule has 0 aliphatic heterocycles. The van der Waals surface area contributed by atoms with Gasteiger partial charge < -0.3 is 9.84 Å². The molecule has 1 rings (SSSR count). The number of hydrogen-bond acceptors (Lipinski definition) is 3. The summed E-state index contributed by atoms with van der Waals surface area (Å²) in [6.07, 6.45) is 4.83. The summed E-state index contributed by atoms with van der Waals surface area (Å²) < 4.78 is 4.93. The first-order chi connectivity index (χ1) is 7.13. The number of methoxy groups -OCH3 is 1. The van der Waals surface area contributed by atoms with Crippen molar-refractivity contribution < 1.29 is 14.6 Å². The Kier molecular flexibility index (Phi) is 5.47. The maximum Gasteiger partial charge on any atom is 0.319 e. The lowest BCUT2D eigenvalue weighted by atomic mass is 9.91. The van der Waals surface area contributed by atoms with E-state index in [4.69, 9.17) is 9.84 Å². The van der Waals surface area contributed by atoms with Crippen LogP contribution < -0.4 is 0 Å². The molecule has 3 nitrogen and oxygen atoms in total. The van der Waals surface area contributed by atoms with E-state index in [0.29, 0.717) is 11.9 Å². The van der Waals surface area contributed by atoms with E-state index in [0.717, 1.165) is 18.8 Å². The van der Waals surface area contributed by atoms with Crippen LogP contribution in [0.4, 0.5) is 0 Å². The van der Waals surface area contributed by atoms with Gasteiger partial charge in [0.25, 0.3) is 0 Å². The third kappa shape index (κ3) is 4.43. The molecule has 4 heteroatoms. The molecule has 88 valence electrons. The van der Waals surface area contributed by atoms with E-state index < -0.39 is 11.2 Å². The van der Waals surface area contributed by atoms with Gasteiger partial charge in [-0.3, -0.25) is 4.79 Å². The number of carboxylic acids is 1. The van der Waals surface area contributed by atoms with Gasteiger partial charge in [-0.1, -0.05) is 19.8 Å². The first kappa shape index (κ1) is 12.8. The summed E-state index contributed by atoms with van der Waals surface area (Å²) in [5.41, 5.74) is 0. The summed E-state index contributed by atoms with van der Waals surface area (Å²) in [7, 11) is 1.56. The predicted molar refractivity (Wildman–Crippen MR) is 62.3 cm³/mol. The predicted octanol–water partition coefficient (Wildman–Crippen LogP) is 2.40. The van der Waals surface area contributed by atoms with Gasteiger partial charge in [-0.15, -0.1) is 11.8 Å². The van der Waals surface area contributed by atoms with Crippen LogP contribution in [0.25, 0.3) is 0 Å². The molecule has 0 radical (unpaired) electrons. The minimum Gasteiger partial charge on any atom is -0.480 e. The largest absolute Gasteiger partial charge is 0.480 e. The molecule has 15 heavy (non-hydrogen) atoms. The lowest BCUT2D eigenvalue weighted by Gasteiger charge is -2.28. The first-order valence-corrected chi connectivity index (χ1v) is 6.45. The molecular formula is C11H20O3S. The molecule has 0 aromatic carbocycles. The Morgan fingerprint density at radius 2 is 2.33 bits per heavy atom. The number of hydrogen-bond donors (Lipinski definition) is 1. The van der Waals surface area contributed by atoms with Crippen molar-refractivity contribution in [3.63, 3.8) is 0 Å². The molecule has 1 aliphatic rings. The average molecular weight is 232 g/mol. The van der Waals surface area contributed by atoms with E-state index in [1.165, 1.54) is 12.8 Å². The van der Waals surface area contributed by atoms with Gasteiger partial charge in [0, 0.05) is 12.4 Å². The van der Waals surface area contributed by atoms with Crippen LogP contribution in [0.15, 0.2) is 0 Å². The first-order valence-electron chi connectivity index (χ1n) is 5.50. The lowest BCUT2D eigenvalue weighted by Crippen LogP contribution is -2.27. The van der Waals surface area contributed by atoms with Crippen LogP contribution in [-0.4, -0.2) is 35.3 Å². The minimum absolute atomic E-state index is 0.310. The molecule has 0 amide bonds. The fourth-order valence-electron chi connectivity index (χ4n) is 2.05. The number of rotatable bonds is 5. The van der Waals surface area contributed by atoms with E-state index >= 15 is 0 Å². The van der Waals surface area contributed by atoms with Crippen molar-refractivity contribution in [3.8, 4) is 0 Å². The Morgan fingerprint density at radius 1 is 1.60 bits per heavy atom. The summed E-state index contributed by atoms with van der Waals surface area (Å²) in [5.74, 6) is -0.00619. The SMILES string of the molecule is COCC(SC1CCCC(C)C1)C(=O)O. The van der Waals surface area contributed by atoms with E-state index in [2.05, 4.69) is 6.92 Å². The van der Waals surface area contributed by atoms with Crippen LogP contribution in [-0.2, 0) is 9.53 Å². The van der Waals surface area contributed by atoms with Gasteiger partial charge in [-0.2, -0.15) is 0 Å². The van der Waals surface area contributed by atoms with E-state index in [1.54, 1.807) is 18.9 Å². The highest BCUT2D eigenvalue weighted by molar-refractivity contribution is 8.01. The quantitative estimate of drug-likeness (QED) is 0.790. The van der Waals surface area contributed by atoms with Gasteiger partial charge in [0.2, 0.25) is 0 Å². The Balaban J connectivity index is 2.39. The summed E-state index contributed by atoms with van der Waals surface area (Å²) in [6, 6.07) is 0. The Hall–Kier alpha value is -0.220. The molecule has 1 aliphatic carbocycles. The lowest BCUT2D eigenvalue weighted by molar-refractivity contribution is -0.137. The minimum atomic E-state index is -0.750. The van der Waals surface area contributed by atoms with Crippen molar-refractivity contribution in [2.24, 2.45) is 5.92 Å². The highest BCUT2D eigenvalue weighted by Gasteiger charge is 2.26. The smallest absolute Gasteiger partial charge is 0.319 e. The van der Waals surface area contributed by atoms with Crippen LogP contribution in [0.5, 0.6) is 0 Å². The van der Waals surface area contributed by atoms with Gasteiger partial charge in [0.15, 0.2) is 0 Å². The molecule has 0 heterocycles. The third-order valence-electron chi connectivity index (χ3n) is 2.84. The van der Waals surface area contributed by atoms with Gasteiger partial charge in [-0.25, -0.2) is 0 Å². The molecule has 0 aromatic rings. The zero-order chi connectivity index (χ0) is 11.3. The van der Waals surface area contributed by atoms with Gasteiger partial charge in [-0.05, 0) is 18.8 Å². The van der Waals surface area contributed by atoms with Crippen molar-refractivity contribution in [1.82, 2.24) is 0 Å². The van der Waals surface area contributed by atoms with Crippen molar-refractivity contribution in [3.05, 3.63) is 0 Å². The summed E-state index contributed by atoms with van der Waals surface area (Å²) in [5, 5.41) is 9.11. The number of aliphatic carboxylic acids is 1. The van der Waals surface area contributed by atoms with Crippen LogP contribution in [0.3, 0.4) is 0 Å². The van der Waals surface area contributed by atoms with Crippen molar-refractivity contribution in [2.75, 3.05) is 13.7 Å². The zero-order valence-electron chi connectivity index (χ0n) is 9.44. The number of carboxylic acid groups (broad SMARTS) is 1. The number of ether oxygens (including phenoxy) is 1. The standard InChI is InChI=1S/C11H20O3S/c1-8-4-3-5-9(6-8)15-10(7-14-2)11(12)13/h8-10H,3-7H2,1-2H3,(H,12,13). The van der Waals surface area contributed by atoms with Crippen LogP contribution in [0, 0.1) is 5.92 Å². The van der Waals surface area contributed by atoms with Crippen LogP contribution in [0.2, 0.25) is 0 Å². The Bertz CT molecular complexity index is 208. The molecule has 0 aromatic heterocycles. The molecular weight excluding hydrogens is 212 g/mol. The second-order valence-electron chi connectivity index (χ2n) is 4.31. The zero-order valence-corrected chi connectivity index (χ0v) is 10.3. The topological polar surface area (TPSA) is 46.5 Å². The average Bonchev–Trinajstić information content (AvgIpc) is 2.17. The maximum atomic E-state index is 10.9. The molecule has 0 spiro atoms. The van der Waals surface area contributed by atoms with Crippen molar-refractivity contribution in [1.29, 1.82) is 0 Å². The van der Waals surface area contributed by atoms with Crippen molar-refractivity contribution in [2.45, 2.75) is 43.1 Å². The van der Waals surface area contributed by atoms with Crippen LogP contribution >= 0.6 is 11.8 Å². The van der Waals surface area contributed by atoms with Gasteiger partial charge >= 0.3 is 5.97 Å². The highest BCUT2D eigenvalue weighted by atomic mass is 32.2. The van der Waals surface area contributed by atoms with E-state index in [-0.39, 0.29) is 0 Å². The fraction of sp³-hybridized carbons (Fsp3) is 0.909. The normalized spacial score (nSPS) is 28.7. The van der Waals surface area contributed by atoms with Gasteiger partial charge in [0.05, 0.1) is 6.61 Å². The molecule has 1 saturated carbocycles. The maximum absolute atomic E-state index is 10.9. The third-order valence-corrected chi connectivity index (χ3v) is 4.32. The Labute approximate surface area is 95.6 Å². The Morgan fingerprint density at radius 3 is 2.87 bits per heavy atom. The van der Waals surface area contributed by atoms with E-state index in [9.17, 15) is 4.79 Å². The second kappa shape index (κ2) is 6.38. The molecule has 3 atom stereocenters. The molecule has 1 N–H and O–H groups in total. The summed E-state index contributed by atoms with van der Waals surface area (Å²) >= 11 is 1.58. The summed E-state index contributed by atoms with van der Waals surface area (Å²) in [4.78, 5) is 10.9. The monoisotopic (exact) mass is 232 g/mol. The van der Waals surface area contributed by atoms with E-state index in [1.807, 2.05) is 0 Å². The highest BCUT2D eigenvalue weighted by Crippen LogP contribution is 2.34. The molecule has 1 fully saturated rings. The molecule has 0 bridgehead atoms. The number of thioether (sulfide) groups is 1. The summed E-state index contributed by atoms with van der Waals surface area (Å²) in [6.45, 7) is 2.56.